The molecule has 0 aliphatic heterocycles. The van der Waals surface area contributed by atoms with Crippen LogP contribution in [0.5, 0.6) is 5.75 Å². The van der Waals surface area contributed by atoms with Gasteiger partial charge in [0.1, 0.15) is 11.5 Å². The van der Waals surface area contributed by atoms with E-state index in [1.165, 1.54) is 6.20 Å². The zero-order chi connectivity index (χ0) is 24.0. The van der Waals surface area contributed by atoms with E-state index in [2.05, 4.69) is 21.9 Å². The number of nitrogen functional groups attached to an aromatic ring is 1. The summed E-state index contributed by atoms with van der Waals surface area (Å²) in [6.07, 6.45) is 10.6. The topological polar surface area (TPSA) is 116 Å². The van der Waals surface area contributed by atoms with E-state index >= 15 is 0 Å². The highest BCUT2D eigenvalue weighted by Gasteiger charge is 2.45. The average Bonchev–Trinajstić information content (AvgIpc) is 2.82. The van der Waals surface area contributed by atoms with Crippen LogP contribution in [-0.4, -0.2) is 15.9 Å². The summed E-state index contributed by atoms with van der Waals surface area (Å²) in [6.45, 7) is 3.97. The number of nitrogens with two attached hydrogens (primary N) is 2. The summed E-state index contributed by atoms with van der Waals surface area (Å²) in [6, 6.07) is 17.3. The van der Waals surface area contributed by atoms with Crippen molar-refractivity contribution in [3.8, 4) is 16.9 Å². The predicted octanol–water partition coefficient (Wildman–Crippen LogP) is 4.21. The van der Waals surface area contributed by atoms with Crippen LogP contribution < -0.4 is 21.5 Å². The fraction of sp³-hybridized carbons (Fsp3) is 0.148. The number of aromatic nitrogens is 2. The molecule has 1 fully saturated rings. The first-order valence-electron chi connectivity index (χ1n) is 11.0. The molecule has 0 saturated heterocycles. The molecule has 0 bridgehead atoms. The third kappa shape index (κ3) is 4.99. The van der Waals surface area contributed by atoms with Gasteiger partial charge in [-0.2, -0.15) is 0 Å². The Morgan fingerprint density at radius 1 is 1.00 bits per heavy atom. The lowest BCUT2D eigenvalue weighted by Crippen LogP contribution is -2.48. The smallest absolute Gasteiger partial charge is 0.235 e. The molecule has 1 amide bonds. The summed E-state index contributed by atoms with van der Waals surface area (Å²) >= 11 is 0. The number of nitrogens with one attached hydrogen (secondary N) is 1. The lowest BCUT2D eigenvalue weighted by atomic mass is 9.63. The van der Waals surface area contributed by atoms with Gasteiger partial charge in [-0.3, -0.25) is 4.79 Å². The number of para-hydroxylation sites is 1. The lowest BCUT2D eigenvalue weighted by Gasteiger charge is -2.40. The standard InChI is InChI=1S/C27H27N5O2/c1-19(8-13-24(16-28)34-23-6-3-2-4-7-23)32-25(33)27(14-5-15-27)22-11-9-20(10-12-22)21-17-30-26(29)31-18-21/h2-4,6-13,16-18H,1,5,14-15,28H2,(H,32,33)(H2,29,30,31)/b13-8-,24-16+. The molecule has 1 saturated carbocycles. The molecule has 7 heteroatoms. The van der Waals surface area contributed by atoms with E-state index in [4.69, 9.17) is 16.2 Å². The second kappa shape index (κ2) is 10.0. The Morgan fingerprint density at radius 3 is 2.26 bits per heavy atom. The molecule has 0 radical (unpaired) electrons. The molecule has 4 rings (SSSR count). The number of anilines is 1. The quantitative estimate of drug-likeness (QED) is 0.347. The zero-order valence-electron chi connectivity index (χ0n) is 18.8. The molecule has 5 N–H and O–H groups in total. The van der Waals surface area contributed by atoms with Gasteiger partial charge in [-0.1, -0.05) is 55.5 Å². The summed E-state index contributed by atoms with van der Waals surface area (Å²) < 4.78 is 5.72. The number of rotatable bonds is 8. The van der Waals surface area contributed by atoms with Gasteiger partial charge in [0, 0.05) is 29.9 Å². The van der Waals surface area contributed by atoms with Crippen molar-refractivity contribution in [3.05, 3.63) is 109 Å². The Morgan fingerprint density at radius 2 is 1.68 bits per heavy atom. The monoisotopic (exact) mass is 453 g/mol. The number of benzene rings is 2. The second-order valence-corrected chi connectivity index (χ2v) is 8.14. The first kappa shape index (κ1) is 22.8. The van der Waals surface area contributed by atoms with E-state index < -0.39 is 5.41 Å². The largest absolute Gasteiger partial charge is 0.456 e. The summed E-state index contributed by atoms with van der Waals surface area (Å²) in [5.74, 6) is 1.28. The third-order valence-corrected chi connectivity index (χ3v) is 5.95. The van der Waals surface area contributed by atoms with E-state index in [-0.39, 0.29) is 11.9 Å². The van der Waals surface area contributed by atoms with Crippen LogP contribution in [0.15, 0.2) is 103 Å². The zero-order valence-corrected chi connectivity index (χ0v) is 18.8. The number of amides is 1. The van der Waals surface area contributed by atoms with Crippen LogP contribution in [0, 0.1) is 0 Å². The maximum absolute atomic E-state index is 13.2. The molecule has 0 atom stereocenters. The first-order valence-corrected chi connectivity index (χ1v) is 11.0. The maximum atomic E-state index is 13.2. The maximum Gasteiger partial charge on any atom is 0.235 e. The molecule has 172 valence electrons. The van der Waals surface area contributed by atoms with Gasteiger partial charge in [0.15, 0.2) is 0 Å². The molecule has 3 aromatic rings. The fourth-order valence-corrected chi connectivity index (χ4v) is 3.88. The van der Waals surface area contributed by atoms with E-state index in [0.29, 0.717) is 17.2 Å². The molecule has 1 aliphatic rings. The highest BCUT2D eigenvalue weighted by molar-refractivity contribution is 5.91. The average molecular weight is 454 g/mol. The Kier molecular flexibility index (Phi) is 6.73. The van der Waals surface area contributed by atoms with Crippen LogP contribution in [0.1, 0.15) is 24.8 Å². The van der Waals surface area contributed by atoms with Crippen LogP contribution >= 0.6 is 0 Å². The Labute approximate surface area is 198 Å². The molecule has 1 aliphatic carbocycles. The van der Waals surface area contributed by atoms with Crippen molar-refractivity contribution in [1.29, 1.82) is 0 Å². The molecule has 0 spiro atoms. The van der Waals surface area contributed by atoms with E-state index in [9.17, 15) is 4.79 Å². The van der Waals surface area contributed by atoms with Crippen LogP contribution in [0.25, 0.3) is 11.1 Å². The lowest BCUT2D eigenvalue weighted by molar-refractivity contribution is -0.129. The predicted molar refractivity (Wildman–Crippen MR) is 133 cm³/mol. The first-order chi connectivity index (χ1) is 16.5. The van der Waals surface area contributed by atoms with E-state index in [1.54, 1.807) is 24.5 Å². The fourth-order valence-electron chi connectivity index (χ4n) is 3.88. The minimum Gasteiger partial charge on any atom is -0.456 e. The minimum atomic E-state index is -0.569. The number of hydrogen-bond acceptors (Lipinski definition) is 6. The van der Waals surface area contributed by atoms with Gasteiger partial charge >= 0.3 is 0 Å². The van der Waals surface area contributed by atoms with E-state index in [1.807, 2.05) is 54.6 Å². The molecule has 7 nitrogen and oxygen atoms in total. The van der Waals surface area contributed by atoms with Gasteiger partial charge in [0.25, 0.3) is 0 Å². The van der Waals surface area contributed by atoms with Crippen molar-refractivity contribution < 1.29 is 9.53 Å². The van der Waals surface area contributed by atoms with Crippen molar-refractivity contribution in [2.24, 2.45) is 5.73 Å². The Bertz CT molecular complexity index is 1210. The third-order valence-electron chi connectivity index (χ3n) is 5.95. The number of ether oxygens (including phenoxy) is 1. The summed E-state index contributed by atoms with van der Waals surface area (Å²) in [7, 11) is 0. The van der Waals surface area contributed by atoms with Crippen molar-refractivity contribution in [2.75, 3.05) is 5.73 Å². The number of nitrogens with zero attached hydrogens (tertiary/aromatic N) is 2. The van der Waals surface area contributed by atoms with E-state index in [0.717, 1.165) is 36.0 Å². The normalized spacial score (nSPS) is 14.9. The molecular formula is C27H27N5O2. The van der Waals surface area contributed by atoms with Gasteiger partial charge in [-0.05, 0) is 48.3 Å². The molecule has 2 aromatic carbocycles. The highest BCUT2D eigenvalue weighted by atomic mass is 16.5. The highest BCUT2D eigenvalue weighted by Crippen LogP contribution is 2.44. The van der Waals surface area contributed by atoms with Gasteiger partial charge in [0.05, 0.1) is 5.41 Å². The molecular weight excluding hydrogens is 426 g/mol. The van der Waals surface area contributed by atoms with Gasteiger partial charge < -0.3 is 21.5 Å². The van der Waals surface area contributed by atoms with Gasteiger partial charge in [0.2, 0.25) is 11.9 Å². The van der Waals surface area contributed by atoms with Crippen molar-refractivity contribution in [2.45, 2.75) is 24.7 Å². The number of hydrogen-bond donors (Lipinski definition) is 3. The van der Waals surface area contributed by atoms with Gasteiger partial charge in [-0.15, -0.1) is 0 Å². The van der Waals surface area contributed by atoms with Crippen LogP contribution in [-0.2, 0) is 10.2 Å². The molecule has 0 unspecified atom stereocenters. The molecule has 1 heterocycles. The number of carbonyl (C=O) groups excluding carboxylic acids is 1. The van der Waals surface area contributed by atoms with Crippen molar-refractivity contribution in [1.82, 2.24) is 15.3 Å². The summed E-state index contributed by atoms with van der Waals surface area (Å²) in [5.41, 5.74) is 13.9. The van der Waals surface area contributed by atoms with Crippen LogP contribution in [0.2, 0.25) is 0 Å². The van der Waals surface area contributed by atoms with Gasteiger partial charge in [-0.25, -0.2) is 9.97 Å². The van der Waals surface area contributed by atoms with Crippen molar-refractivity contribution in [3.63, 3.8) is 0 Å². The van der Waals surface area contributed by atoms with Crippen LogP contribution in [0.3, 0.4) is 0 Å². The Balaban J connectivity index is 1.42. The summed E-state index contributed by atoms with van der Waals surface area (Å²) in [4.78, 5) is 21.3. The molecule has 34 heavy (non-hydrogen) atoms. The minimum absolute atomic E-state index is 0.0702. The van der Waals surface area contributed by atoms with Crippen molar-refractivity contribution >= 4 is 11.9 Å². The Hall–Kier alpha value is -4.39. The van der Waals surface area contributed by atoms with Crippen LogP contribution in [0.4, 0.5) is 5.95 Å². The summed E-state index contributed by atoms with van der Waals surface area (Å²) in [5, 5.41) is 2.94. The SMILES string of the molecule is C=C(/C=C\C(=C/N)Oc1ccccc1)NC(=O)C1(c2ccc(-c3cnc(N)nc3)cc2)CCC1. The number of carbonyl (C=O) groups is 1. The second-order valence-electron chi connectivity index (χ2n) is 8.14. The molecule has 1 aromatic heterocycles. The number of allylic oxidation sites excluding steroid dienone is 2.